The maximum Gasteiger partial charge on any atom is 0.410 e. The monoisotopic (exact) mass is 291 g/mol. The number of hydrogen-bond donors (Lipinski definition) is 0. The predicted octanol–water partition coefficient (Wildman–Crippen LogP) is 3.60. The fourth-order valence-corrected chi connectivity index (χ4v) is 2.26. The number of hydrogen-bond acceptors (Lipinski definition) is 3. The average Bonchev–Trinajstić information content (AvgIpc) is 2.35. The Morgan fingerprint density at radius 2 is 1.86 bits per heavy atom. The van der Waals surface area contributed by atoms with Crippen molar-refractivity contribution in [1.82, 2.24) is 4.90 Å². The third-order valence-electron chi connectivity index (χ3n) is 3.63. The van der Waals surface area contributed by atoms with Crippen LogP contribution < -0.4 is 0 Å². The number of amides is 1. The fraction of sp³-hybridized carbons (Fsp3) is 0.588. The second-order valence-electron chi connectivity index (χ2n) is 6.64. The molecule has 0 bridgehead atoms. The van der Waals surface area contributed by atoms with Gasteiger partial charge in [-0.1, -0.05) is 30.3 Å². The van der Waals surface area contributed by atoms with Crippen LogP contribution in [0.2, 0.25) is 0 Å². The maximum atomic E-state index is 11.9. The lowest BCUT2D eigenvalue weighted by Gasteiger charge is -2.41. The van der Waals surface area contributed by atoms with E-state index >= 15 is 0 Å². The molecule has 0 aliphatic heterocycles. The first-order valence-electron chi connectivity index (χ1n) is 7.46. The Labute approximate surface area is 127 Å². The van der Waals surface area contributed by atoms with Gasteiger partial charge in [-0.25, -0.2) is 4.79 Å². The smallest absolute Gasteiger partial charge is 0.410 e. The highest BCUT2D eigenvalue weighted by Gasteiger charge is 2.36. The molecule has 1 aromatic carbocycles. The summed E-state index contributed by atoms with van der Waals surface area (Å²) >= 11 is 0. The Kier molecular flexibility index (Phi) is 4.88. The minimum absolute atomic E-state index is 0.223. The van der Waals surface area contributed by atoms with Gasteiger partial charge in [-0.15, -0.1) is 0 Å². The molecule has 1 aliphatic rings. The fourth-order valence-electron chi connectivity index (χ4n) is 2.26. The van der Waals surface area contributed by atoms with Crippen molar-refractivity contribution >= 4 is 6.09 Å². The van der Waals surface area contributed by atoms with Gasteiger partial charge in [0.2, 0.25) is 0 Å². The molecule has 0 aromatic heterocycles. The second-order valence-corrected chi connectivity index (χ2v) is 6.64. The summed E-state index contributed by atoms with van der Waals surface area (Å²) in [6.07, 6.45) is 1.74. The lowest BCUT2D eigenvalue weighted by atomic mass is 9.88. The molecule has 1 fully saturated rings. The molecule has 1 saturated carbocycles. The summed E-state index contributed by atoms with van der Waals surface area (Å²) in [5.41, 5.74) is 0.736. The van der Waals surface area contributed by atoms with Crippen molar-refractivity contribution in [3.8, 4) is 0 Å². The molecular formula is C17H25NO3. The van der Waals surface area contributed by atoms with Gasteiger partial charge in [-0.3, -0.25) is 0 Å². The van der Waals surface area contributed by atoms with Gasteiger partial charge in [0, 0.05) is 13.1 Å². The van der Waals surface area contributed by atoms with E-state index in [0.717, 1.165) is 12.8 Å². The van der Waals surface area contributed by atoms with Crippen LogP contribution >= 0.6 is 0 Å². The van der Waals surface area contributed by atoms with E-state index in [0.29, 0.717) is 6.61 Å². The summed E-state index contributed by atoms with van der Waals surface area (Å²) < 4.78 is 11.2. The van der Waals surface area contributed by atoms with E-state index in [1.54, 1.807) is 11.9 Å². The number of rotatable bonds is 4. The molecule has 0 spiro atoms. The standard InChI is InChI=1S/C17H25NO3/c1-17(2,3)21-16(19)18(4)14-10-15(11-14)20-12-13-8-6-5-7-9-13/h5-9,14-15H,10-12H2,1-4H3. The highest BCUT2D eigenvalue weighted by molar-refractivity contribution is 5.68. The summed E-state index contributed by atoms with van der Waals surface area (Å²) in [7, 11) is 1.80. The summed E-state index contributed by atoms with van der Waals surface area (Å²) in [5.74, 6) is 0. The quantitative estimate of drug-likeness (QED) is 0.850. The molecule has 1 aromatic rings. The van der Waals surface area contributed by atoms with E-state index in [1.807, 2.05) is 39.0 Å². The predicted molar refractivity (Wildman–Crippen MR) is 82.0 cm³/mol. The topological polar surface area (TPSA) is 38.8 Å². The summed E-state index contributed by atoms with van der Waals surface area (Å²) in [5, 5.41) is 0. The van der Waals surface area contributed by atoms with E-state index in [-0.39, 0.29) is 18.2 Å². The summed E-state index contributed by atoms with van der Waals surface area (Å²) in [6, 6.07) is 10.4. The molecule has 1 amide bonds. The van der Waals surface area contributed by atoms with Crippen LogP contribution in [0.5, 0.6) is 0 Å². The van der Waals surface area contributed by atoms with Gasteiger partial charge in [0.25, 0.3) is 0 Å². The van der Waals surface area contributed by atoms with Crippen LogP contribution in [0.4, 0.5) is 4.79 Å². The Hall–Kier alpha value is -1.55. The summed E-state index contributed by atoms with van der Waals surface area (Å²) in [6.45, 7) is 6.27. The van der Waals surface area contributed by atoms with Crippen LogP contribution in [0.15, 0.2) is 30.3 Å². The van der Waals surface area contributed by atoms with E-state index in [1.165, 1.54) is 5.56 Å². The highest BCUT2D eigenvalue weighted by Crippen LogP contribution is 2.29. The molecule has 0 heterocycles. The van der Waals surface area contributed by atoms with Gasteiger partial charge >= 0.3 is 6.09 Å². The van der Waals surface area contributed by atoms with Gasteiger partial charge in [0.15, 0.2) is 0 Å². The molecule has 0 radical (unpaired) electrons. The zero-order chi connectivity index (χ0) is 15.5. The molecule has 4 nitrogen and oxygen atoms in total. The van der Waals surface area contributed by atoms with Crippen LogP contribution in [-0.4, -0.2) is 35.8 Å². The molecule has 0 atom stereocenters. The third kappa shape index (κ3) is 4.74. The molecule has 116 valence electrons. The lowest BCUT2D eigenvalue weighted by molar-refractivity contribution is -0.0579. The van der Waals surface area contributed by atoms with Crippen LogP contribution in [0.1, 0.15) is 39.2 Å². The molecule has 0 unspecified atom stereocenters. The molecule has 0 N–H and O–H groups in total. The van der Waals surface area contributed by atoms with Gasteiger partial charge < -0.3 is 14.4 Å². The molecule has 1 aliphatic carbocycles. The second kappa shape index (κ2) is 6.48. The summed E-state index contributed by atoms with van der Waals surface area (Å²) in [4.78, 5) is 13.6. The van der Waals surface area contributed by atoms with Gasteiger partial charge in [-0.2, -0.15) is 0 Å². The average molecular weight is 291 g/mol. The molecule has 4 heteroatoms. The van der Waals surface area contributed by atoms with Crippen molar-refractivity contribution in [2.24, 2.45) is 0 Å². The number of carbonyl (C=O) groups is 1. The van der Waals surface area contributed by atoms with Crippen LogP contribution in [0.25, 0.3) is 0 Å². The van der Waals surface area contributed by atoms with Crippen molar-refractivity contribution in [2.75, 3.05) is 7.05 Å². The van der Waals surface area contributed by atoms with Gasteiger partial charge in [0.05, 0.1) is 12.7 Å². The highest BCUT2D eigenvalue weighted by atomic mass is 16.6. The van der Waals surface area contributed by atoms with E-state index < -0.39 is 5.60 Å². The zero-order valence-electron chi connectivity index (χ0n) is 13.3. The van der Waals surface area contributed by atoms with Crippen LogP contribution in [0.3, 0.4) is 0 Å². The minimum Gasteiger partial charge on any atom is -0.444 e. The van der Waals surface area contributed by atoms with Crippen molar-refractivity contribution in [3.63, 3.8) is 0 Å². The largest absolute Gasteiger partial charge is 0.444 e. The maximum absolute atomic E-state index is 11.9. The van der Waals surface area contributed by atoms with Crippen LogP contribution in [0, 0.1) is 0 Å². The van der Waals surface area contributed by atoms with Crippen molar-refractivity contribution in [2.45, 2.75) is 58.0 Å². The first-order valence-corrected chi connectivity index (χ1v) is 7.46. The SMILES string of the molecule is CN(C(=O)OC(C)(C)C)C1CC(OCc2ccccc2)C1. The number of nitrogens with zero attached hydrogens (tertiary/aromatic N) is 1. The van der Waals surface area contributed by atoms with Crippen molar-refractivity contribution in [3.05, 3.63) is 35.9 Å². The molecular weight excluding hydrogens is 266 g/mol. The number of benzene rings is 1. The minimum atomic E-state index is -0.446. The van der Waals surface area contributed by atoms with E-state index in [4.69, 9.17) is 9.47 Å². The van der Waals surface area contributed by atoms with Gasteiger partial charge in [0.1, 0.15) is 5.60 Å². The molecule has 2 rings (SSSR count). The van der Waals surface area contributed by atoms with Crippen molar-refractivity contribution in [1.29, 1.82) is 0 Å². The Morgan fingerprint density at radius 1 is 1.24 bits per heavy atom. The van der Waals surface area contributed by atoms with E-state index in [2.05, 4.69) is 12.1 Å². The number of carbonyl (C=O) groups excluding carboxylic acids is 1. The zero-order valence-corrected chi connectivity index (χ0v) is 13.3. The molecule has 21 heavy (non-hydrogen) atoms. The van der Waals surface area contributed by atoms with Crippen LogP contribution in [-0.2, 0) is 16.1 Å². The Morgan fingerprint density at radius 3 is 2.43 bits per heavy atom. The lowest BCUT2D eigenvalue weighted by Crippen LogP contribution is -2.50. The van der Waals surface area contributed by atoms with Gasteiger partial charge in [-0.05, 0) is 39.2 Å². The van der Waals surface area contributed by atoms with Crippen molar-refractivity contribution < 1.29 is 14.3 Å². The first-order chi connectivity index (χ1) is 9.85. The Balaban J connectivity index is 1.70. The van der Waals surface area contributed by atoms with E-state index in [9.17, 15) is 4.79 Å². The third-order valence-corrected chi connectivity index (χ3v) is 3.63. The first kappa shape index (κ1) is 15.8. The number of ether oxygens (including phenoxy) is 2. The normalized spacial score (nSPS) is 21.5. The molecule has 0 saturated heterocycles. The Bertz CT molecular complexity index is 461.